The molecule has 1 saturated carbocycles. The van der Waals surface area contributed by atoms with Gasteiger partial charge >= 0.3 is 0 Å². The third kappa shape index (κ3) is 4.42. The van der Waals surface area contributed by atoms with E-state index in [0.717, 1.165) is 33.9 Å². The van der Waals surface area contributed by atoms with Crippen molar-refractivity contribution in [1.29, 1.82) is 0 Å². The van der Waals surface area contributed by atoms with Crippen molar-refractivity contribution in [2.24, 2.45) is 0 Å². The summed E-state index contributed by atoms with van der Waals surface area (Å²) < 4.78 is 2.77. The summed E-state index contributed by atoms with van der Waals surface area (Å²) in [6.07, 6.45) is 5.96. The van der Waals surface area contributed by atoms with Gasteiger partial charge in [-0.15, -0.1) is 15.3 Å². The average molecular weight is 414 g/mol. The highest BCUT2D eigenvalue weighted by atomic mass is 32.1. The zero-order valence-electron chi connectivity index (χ0n) is 16.5. The SMILES string of the molecule is Cc1cc(C)n(-c2ccc(=O)n(CC(=O)Nc3nnc(C4CCCCC4)s3)n2)n1. The number of anilines is 1. The second-order valence-electron chi connectivity index (χ2n) is 7.35. The van der Waals surface area contributed by atoms with Gasteiger partial charge < -0.3 is 0 Å². The van der Waals surface area contributed by atoms with Crippen molar-refractivity contribution >= 4 is 22.4 Å². The number of rotatable bonds is 5. The van der Waals surface area contributed by atoms with Crippen molar-refractivity contribution in [3.63, 3.8) is 0 Å². The number of carbonyl (C=O) groups excluding carboxylic acids is 1. The van der Waals surface area contributed by atoms with Crippen LogP contribution in [0.25, 0.3) is 5.82 Å². The van der Waals surface area contributed by atoms with Crippen LogP contribution in [0.2, 0.25) is 0 Å². The lowest BCUT2D eigenvalue weighted by molar-refractivity contribution is -0.117. The molecule has 1 aliphatic rings. The minimum atomic E-state index is -0.364. The molecule has 1 amide bonds. The van der Waals surface area contributed by atoms with E-state index in [1.807, 2.05) is 19.9 Å². The Bertz CT molecular complexity index is 1080. The minimum absolute atomic E-state index is 0.204. The minimum Gasteiger partial charge on any atom is -0.299 e. The Labute approximate surface area is 171 Å². The fourth-order valence-corrected chi connectivity index (χ4v) is 4.55. The first-order valence-electron chi connectivity index (χ1n) is 9.74. The monoisotopic (exact) mass is 413 g/mol. The van der Waals surface area contributed by atoms with Crippen molar-refractivity contribution in [2.45, 2.75) is 58.4 Å². The van der Waals surface area contributed by atoms with E-state index in [4.69, 9.17) is 0 Å². The Balaban J connectivity index is 1.46. The summed E-state index contributed by atoms with van der Waals surface area (Å²) in [6.45, 7) is 3.59. The largest absolute Gasteiger partial charge is 0.299 e. The number of hydrogen-bond donors (Lipinski definition) is 1. The highest BCUT2D eigenvalue weighted by Crippen LogP contribution is 2.35. The molecule has 0 aliphatic heterocycles. The Hall–Kier alpha value is -2.88. The molecule has 1 aliphatic carbocycles. The number of hydrogen-bond acceptors (Lipinski definition) is 7. The number of carbonyl (C=O) groups is 1. The van der Waals surface area contributed by atoms with Crippen molar-refractivity contribution in [2.75, 3.05) is 5.32 Å². The summed E-state index contributed by atoms with van der Waals surface area (Å²) >= 11 is 1.41. The smallest absolute Gasteiger partial charge is 0.267 e. The average Bonchev–Trinajstić information content (AvgIpc) is 3.30. The molecule has 29 heavy (non-hydrogen) atoms. The van der Waals surface area contributed by atoms with Gasteiger partial charge in [-0.05, 0) is 38.8 Å². The van der Waals surface area contributed by atoms with Gasteiger partial charge in [-0.25, -0.2) is 9.36 Å². The lowest BCUT2D eigenvalue weighted by Gasteiger charge is -2.18. The highest BCUT2D eigenvalue weighted by molar-refractivity contribution is 7.15. The molecule has 0 bridgehead atoms. The normalized spacial score (nSPS) is 14.8. The molecule has 1 N–H and O–H groups in total. The molecule has 0 aromatic carbocycles. The molecule has 152 valence electrons. The van der Waals surface area contributed by atoms with E-state index in [2.05, 4.69) is 25.7 Å². The first-order valence-corrected chi connectivity index (χ1v) is 10.6. The van der Waals surface area contributed by atoms with Crippen LogP contribution in [0.3, 0.4) is 0 Å². The van der Waals surface area contributed by atoms with E-state index in [9.17, 15) is 9.59 Å². The predicted molar refractivity (Wildman–Crippen MR) is 109 cm³/mol. The topological polar surface area (TPSA) is 108 Å². The molecule has 10 heteroatoms. The Morgan fingerprint density at radius 1 is 1.17 bits per heavy atom. The van der Waals surface area contributed by atoms with Crippen LogP contribution < -0.4 is 10.9 Å². The van der Waals surface area contributed by atoms with E-state index in [1.165, 1.54) is 36.7 Å². The third-order valence-electron chi connectivity index (χ3n) is 5.01. The van der Waals surface area contributed by atoms with E-state index in [-0.39, 0.29) is 18.0 Å². The molecular weight excluding hydrogens is 390 g/mol. The van der Waals surface area contributed by atoms with Crippen molar-refractivity contribution in [1.82, 2.24) is 29.8 Å². The van der Waals surface area contributed by atoms with Gasteiger partial charge in [0, 0.05) is 17.7 Å². The van der Waals surface area contributed by atoms with Crippen LogP contribution in [0.15, 0.2) is 23.0 Å². The van der Waals surface area contributed by atoms with Crippen LogP contribution >= 0.6 is 11.3 Å². The third-order valence-corrected chi connectivity index (χ3v) is 6.02. The molecule has 3 aromatic rings. The van der Waals surface area contributed by atoms with E-state index < -0.39 is 0 Å². The van der Waals surface area contributed by atoms with Gasteiger partial charge in [-0.3, -0.25) is 14.9 Å². The van der Waals surface area contributed by atoms with E-state index in [1.54, 1.807) is 10.7 Å². The molecule has 1 fully saturated rings. The van der Waals surface area contributed by atoms with Crippen LogP contribution in [0.5, 0.6) is 0 Å². The fraction of sp³-hybridized carbons (Fsp3) is 0.474. The Morgan fingerprint density at radius 3 is 2.69 bits per heavy atom. The molecule has 0 radical (unpaired) electrons. The van der Waals surface area contributed by atoms with Crippen LogP contribution in [-0.2, 0) is 11.3 Å². The number of aryl methyl sites for hydroxylation is 2. The summed E-state index contributed by atoms with van der Waals surface area (Å²) in [7, 11) is 0. The summed E-state index contributed by atoms with van der Waals surface area (Å²) in [4.78, 5) is 24.6. The van der Waals surface area contributed by atoms with Crippen molar-refractivity contribution in [3.8, 4) is 5.82 Å². The second kappa shape index (κ2) is 8.24. The maximum atomic E-state index is 12.4. The predicted octanol–water partition coefficient (Wildman–Crippen LogP) is 2.58. The maximum Gasteiger partial charge on any atom is 0.267 e. The van der Waals surface area contributed by atoms with Crippen molar-refractivity contribution < 1.29 is 4.79 Å². The molecule has 3 heterocycles. The van der Waals surface area contributed by atoms with Gasteiger partial charge in [-0.1, -0.05) is 30.6 Å². The first kappa shape index (κ1) is 19.4. The number of nitrogens with zero attached hydrogens (tertiary/aromatic N) is 6. The quantitative estimate of drug-likeness (QED) is 0.689. The standard InChI is InChI=1S/C19H23N7O2S/c1-12-10-13(2)26(23-12)15-8-9-17(28)25(24-15)11-16(27)20-19-22-21-18(29-19)14-6-4-3-5-7-14/h8-10,14H,3-7,11H2,1-2H3,(H,20,22,27). The molecule has 0 atom stereocenters. The van der Waals surface area contributed by atoms with E-state index >= 15 is 0 Å². The highest BCUT2D eigenvalue weighted by Gasteiger charge is 2.20. The van der Waals surface area contributed by atoms with Gasteiger partial charge in [0.1, 0.15) is 11.6 Å². The van der Waals surface area contributed by atoms with Gasteiger partial charge in [0.2, 0.25) is 11.0 Å². The van der Waals surface area contributed by atoms with Gasteiger partial charge in [-0.2, -0.15) is 5.10 Å². The maximum absolute atomic E-state index is 12.4. The molecule has 0 unspecified atom stereocenters. The van der Waals surface area contributed by atoms with Gasteiger partial charge in [0.25, 0.3) is 5.56 Å². The number of aromatic nitrogens is 6. The first-order chi connectivity index (χ1) is 14.0. The van der Waals surface area contributed by atoms with Crippen LogP contribution in [0.4, 0.5) is 5.13 Å². The molecule has 4 rings (SSSR count). The summed E-state index contributed by atoms with van der Waals surface area (Å²) in [5, 5.41) is 21.2. The van der Waals surface area contributed by atoms with Gasteiger partial charge in [0.05, 0.1) is 5.69 Å². The molecular formula is C19H23N7O2S. The summed E-state index contributed by atoms with van der Waals surface area (Å²) in [6, 6.07) is 4.90. The van der Waals surface area contributed by atoms with E-state index in [0.29, 0.717) is 16.9 Å². The van der Waals surface area contributed by atoms with Crippen LogP contribution in [-0.4, -0.2) is 35.7 Å². The van der Waals surface area contributed by atoms with Gasteiger partial charge in [0.15, 0.2) is 5.82 Å². The molecule has 0 spiro atoms. The zero-order valence-corrected chi connectivity index (χ0v) is 17.3. The number of nitrogens with one attached hydrogen (secondary N) is 1. The van der Waals surface area contributed by atoms with Crippen LogP contribution in [0.1, 0.15) is 54.4 Å². The van der Waals surface area contributed by atoms with Crippen molar-refractivity contribution in [3.05, 3.63) is 44.9 Å². The summed E-state index contributed by atoms with van der Waals surface area (Å²) in [5.41, 5.74) is 1.39. The Kier molecular flexibility index (Phi) is 5.52. The summed E-state index contributed by atoms with van der Waals surface area (Å²) in [5.74, 6) is 0.559. The second-order valence-corrected chi connectivity index (χ2v) is 8.36. The fourth-order valence-electron chi connectivity index (χ4n) is 3.62. The lowest BCUT2D eigenvalue weighted by Crippen LogP contribution is -2.30. The molecule has 0 saturated heterocycles. The Morgan fingerprint density at radius 2 is 1.97 bits per heavy atom. The van der Waals surface area contributed by atoms with Crippen LogP contribution in [0, 0.1) is 13.8 Å². The molecule has 9 nitrogen and oxygen atoms in total. The number of amides is 1. The zero-order chi connectivity index (χ0) is 20.4. The lowest BCUT2D eigenvalue weighted by atomic mass is 9.90. The molecule has 3 aromatic heterocycles.